The summed E-state index contributed by atoms with van der Waals surface area (Å²) in [5.41, 5.74) is 3.34. The summed E-state index contributed by atoms with van der Waals surface area (Å²) in [4.78, 5) is 13.4. The van der Waals surface area contributed by atoms with Crippen LogP contribution in [0.15, 0.2) is 49.1 Å². The Kier molecular flexibility index (Phi) is 6.43. The second-order valence-electron chi connectivity index (χ2n) is 7.21. The van der Waals surface area contributed by atoms with E-state index in [1.165, 1.54) is 0 Å². The Morgan fingerprint density at radius 2 is 2.00 bits per heavy atom. The zero-order chi connectivity index (χ0) is 22.5. The smallest absolute Gasteiger partial charge is 0.227 e. The normalized spacial score (nSPS) is 12.0. The molecule has 0 aliphatic rings. The third-order valence-electron chi connectivity index (χ3n) is 4.91. The molecule has 3 N–H and O–H groups in total. The average Bonchev–Trinajstić information content (AvgIpc) is 3.25. The molecule has 0 spiro atoms. The molecule has 0 amide bonds. The minimum Gasteiger partial charge on any atom is -0.495 e. The van der Waals surface area contributed by atoms with Gasteiger partial charge in [-0.3, -0.25) is 4.68 Å². The third-order valence-corrected chi connectivity index (χ3v) is 4.91. The number of aliphatic hydroxyl groups excluding tert-OH is 1. The van der Waals surface area contributed by atoms with Crippen molar-refractivity contribution in [2.75, 3.05) is 38.1 Å². The molecule has 1 aromatic carbocycles. The number of rotatable bonds is 9. The second kappa shape index (κ2) is 9.58. The van der Waals surface area contributed by atoms with E-state index in [1.807, 2.05) is 37.5 Å². The van der Waals surface area contributed by atoms with Crippen LogP contribution in [0.3, 0.4) is 0 Å². The molecule has 0 saturated carbocycles. The summed E-state index contributed by atoms with van der Waals surface area (Å²) in [6.45, 7) is 0.244. The number of nitrogens with one attached hydrogen (secondary N) is 2. The molecule has 0 bridgehead atoms. The van der Waals surface area contributed by atoms with Gasteiger partial charge in [-0.2, -0.15) is 5.10 Å². The van der Waals surface area contributed by atoms with Crippen molar-refractivity contribution in [3.63, 3.8) is 0 Å². The molecule has 3 heterocycles. The first-order chi connectivity index (χ1) is 15.6. The molecule has 32 heavy (non-hydrogen) atoms. The van der Waals surface area contributed by atoms with E-state index in [2.05, 4.69) is 30.7 Å². The number of ether oxygens (including phenoxy) is 2. The fraction of sp³-hybridized carbons (Fsp3) is 0.273. The maximum Gasteiger partial charge on any atom is 0.227 e. The zero-order valence-corrected chi connectivity index (χ0v) is 18.1. The lowest BCUT2D eigenvalue weighted by atomic mass is 10.1. The van der Waals surface area contributed by atoms with E-state index in [-0.39, 0.29) is 12.6 Å². The Morgan fingerprint density at radius 3 is 2.72 bits per heavy atom. The number of hydrogen-bond donors (Lipinski definition) is 3. The summed E-state index contributed by atoms with van der Waals surface area (Å²) < 4.78 is 12.5. The van der Waals surface area contributed by atoms with Crippen LogP contribution in [0.4, 0.5) is 17.5 Å². The molecule has 10 nitrogen and oxygen atoms in total. The van der Waals surface area contributed by atoms with Crippen molar-refractivity contribution in [1.29, 1.82) is 0 Å². The van der Waals surface area contributed by atoms with Crippen LogP contribution in [0.25, 0.3) is 22.0 Å². The number of aliphatic hydroxyl groups is 1. The fourth-order valence-corrected chi connectivity index (χ4v) is 3.32. The Morgan fingerprint density at radius 1 is 1.12 bits per heavy atom. The fourth-order valence-electron chi connectivity index (χ4n) is 3.32. The monoisotopic (exact) mass is 435 g/mol. The number of pyridine rings is 1. The number of benzene rings is 1. The van der Waals surface area contributed by atoms with Crippen LogP contribution >= 0.6 is 0 Å². The maximum absolute atomic E-state index is 9.57. The molecule has 166 valence electrons. The summed E-state index contributed by atoms with van der Waals surface area (Å²) in [6, 6.07) is 7.36. The first-order valence-electron chi connectivity index (χ1n) is 10.0. The number of methoxy groups -OCH3 is 2. The van der Waals surface area contributed by atoms with E-state index < -0.39 is 0 Å². The van der Waals surface area contributed by atoms with Gasteiger partial charge >= 0.3 is 0 Å². The van der Waals surface area contributed by atoms with Crippen LogP contribution in [0.1, 0.15) is 0 Å². The topological polar surface area (TPSA) is 119 Å². The molecular formula is C22H25N7O3. The van der Waals surface area contributed by atoms with Gasteiger partial charge in [0.25, 0.3) is 0 Å². The van der Waals surface area contributed by atoms with E-state index >= 15 is 0 Å². The predicted octanol–water partition coefficient (Wildman–Crippen LogP) is 2.60. The van der Waals surface area contributed by atoms with Gasteiger partial charge in [-0.25, -0.2) is 15.0 Å². The van der Waals surface area contributed by atoms with Gasteiger partial charge in [0.1, 0.15) is 11.3 Å². The summed E-state index contributed by atoms with van der Waals surface area (Å²) >= 11 is 0. The van der Waals surface area contributed by atoms with Crippen molar-refractivity contribution in [3.05, 3.63) is 49.1 Å². The van der Waals surface area contributed by atoms with Gasteiger partial charge in [-0.15, -0.1) is 0 Å². The van der Waals surface area contributed by atoms with Gasteiger partial charge in [0.2, 0.25) is 5.95 Å². The summed E-state index contributed by atoms with van der Waals surface area (Å²) in [5, 5.41) is 21.0. The Labute approximate surface area is 185 Å². The zero-order valence-electron chi connectivity index (χ0n) is 18.1. The van der Waals surface area contributed by atoms with E-state index in [0.29, 0.717) is 29.6 Å². The van der Waals surface area contributed by atoms with Crippen LogP contribution in [0.5, 0.6) is 5.75 Å². The minimum atomic E-state index is -0.301. The number of fused-ring (bicyclic) bond motifs is 1. The van der Waals surface area contributed by atoms with Crippen molar-refractivity contribution >= 4 is 28.4 Å². The van der Waals surface area contributed by atoms with Crippen LogP contribution in [-0.2, 0) is 11.8 Å². The van der Waals surface area contributed by atoms with Crippen LogP contribution in [0, 0.1) is 0 Å². The van der Waals surface area contributed by atoms with Crippen molar-refractivity contribution in [3.8, 4) is 16.9 Å². The average molecular weight is 435 g/mol. The third kappa shape index (κ3) is 4.61. The number of nitrogens with zero attached hydrogens (tertiary/aromatic N) is 5. The molecule has 0 fully saturated rings. The Bertz CT molecular complexity index is 1210. The van der Waals surface area contributed by atoms with Crippen molar-refractivity contribution in [1.82, 2.24) is 24.7 Å². The molecule has 4 rings (SSSR count). The quantitative estimate of drug-likeness (QED) is 0.364. The lowest BCUT2D eigenvalue weighted by Gasteiger charge is -2.17. The minimum absolute atomic E-state index is 0.0947. The molecule has 0 radical (unpaired) electrons. The first-order valence-corrected chi connectivity index (χ1v) is 10.0. The highest BCUT2D eigenvalue weighted by molar-refractivity contribution is 5.88. The van der Waals surface area contributed by atoms with Gasteiger partial charge in [0.05, 0.1) is 38.2 Å². The number of hydrogen-bond acceptors (Lipinski definition) is 9. The van der Waals surface area contributed by atoms with Crippen LogP contribution in [-0.4, -0.2) is 63.3 Å². The number of aryl methyl sites for hydroxylation is 1. The van der Waals surface area contributed by atoms with E-state index in [1.54, 1.807) is 37.5 Å². The van der Waals surface area contributed by atoms with Gasteiger partial charge in [-0.05, 0) is 23.8 Å². The van der Waals surface area contributed by atoms with E-state index in [0.717, 1.165) is 22.2 Å². The van der Waals surface area contributed by atoms with Crippen LogP contribution < -0.4 is 15.4 Å². The SMILES string of the molecule is COCC(CO)Nc1nccc2cnc(Nc3ccc(-c4cnn(C)c4)cc3OC)nc12. The predicted molar refractivity (Wildman–Crippen MR) is 122 cm³/mol. The summed E-state index contributed by atoms with van der Waals surface area (Å²) in [7, 11) is 5.08. The van der Waals surface area contributed by atoms with E-state index in [9.17, 15) is 5.11 Å². The van der Waals surface area contributed by atoms with Crippen molar-refractivity contribution in [2.45, 2.75) is 6.04 Å². The molecule has 1 atom stereocenters. The molecule has 4 aromatic rings. The second-order valence-corrected chi connectivity index (χ2v) is 7.21. The van der Waals surface area contributed by atoms with Crippen LogP contribution in [0.2, 0.25) is 0 Å². The van der Waals surface area contributed by atoms with Gasteiger partial charge in [-0.1, -0.05) is 6.07 Å². The Balaban J connectivity index is 1.63. The highest BCUT2D eigenvalue weighted by Gasteiger charge is 2.13. The molecule has 1 unspecified atom stereocenters. The molecule has 0 aliphatic heterocycles. The van der Waals surface area contributed by atoms with Gasteiger partial charge < -0.3 is 25.2 Å². The Hall–Kier alpha value is -3.76. The highest BCUT2D eigenvalue weighted by atomic mass is 16.5. The van der Waals surface area contributed by atoms with E-state index in [4.69, 9.17) is 9.47 Å². The lowest BCUT2D eigenvalue weighted by Crippen LogP contribution is -2.29. The van der Waals surface area contributed by atoms with Gasteiger partial charge in [0.15, 0.2) is 5.82 Å². The lowest BCUT2D eigenvalue weighted by molar-refractivity contribution is 0.153. The van der Waals surface area contributed by atoms with Crippen molar-refractivity contribution in [2.24, 2.45) is 7.05 Å². The molecular weight excluding hydrogens is 410 g/mol. The number of anilines is 3. The largest absolute Gasteiger partial charge is 0.495 e. The highest BCUT2D eigenvalue weighted by Crippen LogP contribution is 2.32. The molecule has 3 aromatic heterocycles. The van der Waals surface area contributed by atoms with Gasteiger partial charge in [0, 0.05) is 43.7 Å². The number of aromatic nitrogens is 5. The molecule has 10 heteroatoms. The summed E-state index contributed by atoms with van der Waals surface area (Å²) in [5.74, 6) is 1.59. The molecule has 0 aliphatic carbocycles. The standard InChI is InChI=1S/C22H25N7O3/c1-29-11-16(10-25-29)14-4-5-18(19(8-14)32-3)27-22-24-9-15-6-7-23-21(20(15)28-22)26-17(12-30)13-31-2/h4-11,17,30H,12-13H2,1-3H3,(H,23,26)(H,24,27,28). The maximum atomic E-state index is 9.57. The van der Waals surface area contributed by atoms with Crippen molar-refractivity contribution < 1.29 is 14.6 Å². The summed E-state index contributed by atoms with van der Waals surface area (Å²) in [6.07, 6.45) is 7.14. The molecule has 0 saturated heterocycles. The first kappa shape index (κ1) is 21.5.